The van der Waals surface area contributed by atoms with Crippen LogP contribution in [0.15, 0.2) is 24.3 Å². The standard InChI is InChI=1S/C29H43FN2O2/c1-28-12-11-24-22(23(28)9-10-27(28)34)8-3-19-17-26(33)25(18-29(19,24)2)32-15-13-31(14-16-32)21-6-4-20(30)5-7-21/h4-7,19,22-27,33-34H,3,8-18H2,1-2H3/t19?,22-,23-,24-,25-,26-,27-,28-,29-/m0/s1. The molecule has 2 N–H and O–H groups in total. The normalized spacial score (nSPS) is 47.1. The fourth-order valence-electron chi connectivity index (χ4n) is 9.58. The second-order valence-electron chi connectivity index (χ2n) is 12.9. The third-order valence-corrected chi connectivity index (χ3v) is 11.6. The number of benzene rings is 1. The van der Waals surface area contributed by atoms with Crippen molar-refractivity contribution in [1.82, 2.24) is 4.90 Å². The van der Waals surface area contributed by atoms with Crippen LogP contribution in [0.1, 0.15) is 65.2 Å². The minimum absolute atomic E-state index is 0.109. The van der Waals surface area contributed by atoms with Gasteiger partial charge < -0.3 is 15.1 Å². The van der Waals surface area contributed by atoms with Crippen LogP contribution >= 0.6 is 0 Å². The highest BCUT2D eigenvalue weighted by molar-refractivity contribution is 5.46. The summed E-state index contributed by atoms with van der Waals surface area (Å²) in [5.74, 6) is 2.63. The molecule has 1 unspecified atom stereocenters. The zero-order chi connectivity index (χ0) is 23.7. The summed E-state index contributed by atoms with van der Waals surface area (Å²) in [6.07, 6.45) is 8.90. The topological polar surface area (TPSA) is 46.9 Å². The van der Waals surface area contributed by atoms with Gasteiger partial charge in [0.25, 0.3) is 0 Å². The number of hydrogen-bond acceptors (Lipinski definition) is 4. The van der Waals surface area contributed by atoms with E-state index in [0.29, 0.717) is 17.3 Å². The van der Waals surface area contributed by atoms with Crippen LogP contribution in [0.4, 0.5) is 10.1 Å². The minimum Gasteiger partial charge on any atom is -0.393 e. The molecule has 34 heavy (non-hydrogen) atoms. The molecule has 0 amide bonds. The maximum atomic E-state index is 13.3. The summed E-state index contributed by atoms with van der Waals surface area (Å²) in [6.45, 7) is 8.71. The summed E-state index contributed by atoms with van der Waals surface area (Å²) in [4.78, 5) is 4.90. The Hall–Kier alpha value is -1.17. The van der Waals surface area contributed by atoms with Crippen molar-refractivity contribution in [2.45, 2.75) is 83.5 Å². The predicted molar refractivity (Wildman–Crippen MR) is 133 cm³/mol. The Morgan fingerprint density at radius 1 is 0.853 bits per heavy atom. The van der Waals surface area contributed by atoms with Crippen molar-refractivity contribution < 1.29 is 14.6 Å². The molecule has 4 nitrogen and oxygen atoms in total. The highest BCUT2D eigenvalue weighted by Crippen LogP contribution is 2.66. The van der Waals surface area contributed by atoms with Crippen molar-refractivity contribution in [3.63, 3.8) is 0 Å². The van der Waals surface area contributed by atoms with Gasteiger partial charge in [0.2, 0.25) is 0 Å². The van der Waals surface area contributed by atoms with Gasteiger partial charge >= 0.3 is 0 Å². The van der Waals surface area contributed by atoms with Gasteiger partial charge in [0, 0.05) is 37.9 Å². The molecule has 4 aliphatic carbocycles. The number of nitrogens with zero attached hydrogens (tertiary/aromatic N) is 2. The predicted octanol–water partition coefficient (Wildman–Crippen LogP) is 4.69. The molecule has 1 saturated heterocycles. The third kappa shape index (κ3) is 3.56. The number of rotatable bonds is 2. The van der Waals surface area contributed by atoms with Crippen LogP contribution in [0, 0.1) is 40.3 Å². The molecule has 4 saturated carbocycles. The smallest absolute Gasteiger partial charge is 0.123 e. The molecular formula is C29H43FN2O2. The van der Waals surface area contributed by atoms with Gasteiger partial charge in [0.05, 0.1) is 12.2 Å². The van der Waals surface area contributed by atoms with Crippen LogP contribution in [-0.4, -0.2) is 59.5 Å². The van der Waals surface area contributed by atoms with Crippen LogP contribution < -0.4 is 4.90 Å². The van der Waals surface area contributed by atoms with E-state index in [4.69, 9.17) is 0 Å². The van der Waals surface area contributed by atoms with Crippen LogP contribution in [0.2, 0.25) is 0 Å². The lowest BCUT2D eigenvalue weighted by atomic mass is 9.44. The zero-order valence-corrected chi connectivity index (χ0v) is 21.0. The van der Waals surface area contributed by atoms with Crippen LogP contribution in [-0.2, 0) is 0 Å². The van der Waals surface area contributed by atoms with Gasteiger partial charge in [0.15, 0.2) is 0 Å². The summed E-state index contributed by atoms with van der Waals surface area (Å²) in [6, 6.07) is 7.10. The van der Waals surface area contributed by atoms with Gasteiger partial charge in [-0.3, -0.25) is 4.90 Å². The SMILES string of the molecule is C[C@]12CC[C@H]3[C@@H](CCC4C[C@H](O)[C@@H](N5CCN(c6ccc(F)cc6)CC5)C[C@@]43C)[C@@H]1CC[C@@H]2O. The third-order valence-electron chi connectivity index (χ3n) is 11.6. The molecule has 188 valence electrons. The lowest BCUT2D eigenvalue weighted by Gasteiger charge is -2.62. The summed E-state index contributed by atoms with van der Waals surface area (Å²) < 4.78 is 13.3. The molecule has 0 bridgehead atoms. The monoisotopic (exact) mass is 470 g/mol. The van der Waals surface area contributed by atoms with Gasteiger partial charge in [-0.15, -0.1) is 0 Å². The van der Waals surface area contributed by atoms with Gasteiger partial charge in [0.1, 0.15) is 5.82 Å². The second-order valence-corrected chi connectivity index (χ2v) is 12.9. The number of aliphatic hydroxyl groups is 2. The Bertz CT molecular complexity index is 887. The Morgan fingerprint density at radius 3 is 2.29 bits per heavy atom. The zero-order valence-electron chi connectivity index (χ0n) is 21.0. The number of fused-ring (bicyclic) bond motifs is 5. The number of hydrogen-bond donors (Lipinski definition) is 2. The maximum absolute atomic E-state index is 13.3. The van der Waals surface area contributed by atoms with Crippen molar-refractivity contribution in [2.75, 3.05) is 31.1 Å². The molecule has 1 aromatic carbocycles. The van der Waals surface area contributed by atoms with Crippen LogP contribution in [0.5, 0.6) is 0 Å². The van der Waals surface area contributed by atoms with Crippen LogP contribution in [0.3, 0.4) is 0 Å². The van der Waals surface area contributed by atoms with E-state index in [2.05, 4.69) is 23.6 Å². The van der Waals surface area contributed by atoms with Gasteiger partial charge in [-0.2, -0.15) is 0 Å². The van der Waals surface area contributed by atoms with Crippen molar-refractivity contribution in [3.05, 3.63) is 30.1 Å². The summed E-state index contributed by atoms with van der Waals surface area (Å²) in [5.41, 5.74) is 1.53. The Labute approximate surface area is 204 Å². The molecule has 6 rings (SSSR count). The van der Waals surface area contributed by atoms with Crippen molar-refractivity contribution in [3.8, 4) is 0 Å². The Morgan fingerprint density at radius 2 is 1.56 bits per heavy atom. The molecule has 1 aromatic rings. The molecule has 1 heterocycles. The maximum Gasteiger partial charge on any atom is 0.123 e. The first-order valence-electron chi connectivity index (χ1n) is 13.9. The van der Waals surface area contributed by atoms with E-state index < -0.39 is 0 Å². The molecule has 5 heteroatoms. The summed E-state index contributed by atoms with van der Waals surface area (Å²) in [7, 11) is 0. The average Bonchev–Trinajstić information content (AvgIpc) is 3.14. The fourth-order valence-corrected chi connectivity index (χ4v) is 9.58. The van der Waals surface area contributed by atoms with Gasteiger partial charge in [-0.25, -0.2) is 4.39 Å². The van der Waals surface area contributed by atoms with E-state index in [1.807, 2.05) is 12.1 Å². The van der Waals surface area contributed by atoms with Crippen molar-refractivity contribution >= 4 is 5.69 Å². The van der Waals surface area contributed by atoms with Gasteiger partial charge in [-0.05, 0) is 110 Å². The van der Waals surface area contributed by atoms with E-state index >= 15 is 0 Å². The van der Waals surface area contributed by atoms with E-state index in [0.717, 1.165) is 63.0 Å². The van der Waals surface area contributed by atoms with E-state index in [1.54, 1.807) is 12.1 Å². The quantitative estimate of drug-likeness (QED) is 0.658. The fraction of sp³-hybridized carbons (Fsp3) is 0.793. The Kier molecular flexibility index (Phi) is 5.78. The first-order valence-corrected chi connectivity index (χ1v) is 13.9. The average molecular weight is 471 g/mol. The molecular weight excluding hydrogens is 427 g/mol. The first-order chi connectivity index (χ1) is 16.3. The number of anilines is 1. The van der Waals surface area contributed by atoms with E-state index in [-0.39, 0.29) is 29.5 Å². The van der Waals surface area contributed by atoms with Crippen molar-refractivity contribution in [1.29, 1.82) is 0 Å². The highest BCUT2D eigenvalue weighted by Gasteiger charge is 2.61. The number of piperazine rings is 1. The minimum atomic E-state index is -0.228. The number of halogens is 1. The lowest BCUT2D eigenvalue weighted by molar-refractivity contribution is -0.153. The summed E-state index contributed by atoms with van der Waals surface area (Å²) >= 11 is 0. The molecule has 5 aliphatic rings. The second kappa shape index (κ2) is 8.45. The summed E-state index contributed by atoms with van der Waals surface area (Å²) in [5, 5.41) is 22.1. The van der Waals surface area contributed by atoms with Gasteiger partial charge in [-0.1, -0.05) is 13.8 Å². The molecule has 9 atom stereocenters. The molecule has 0 radical (unpaired) electrons. The molecule has 0 aromatic heterocycles. The largest absolute Gasteiger partial charge is 0.393 e. The van der Waals surface area contributed by atoms with E-state index in [1.165, 1.54) is 32.1 Å². The van der Waals surface area contributed by atoms with E-state index in [9.17, 15) is 14.6 Å². The lowest BCUT2D eigenvalue weighted by Crippen LogP contribution is -2.62. The molecule has 1 aliphatic heterocycles. The van der Waals surface area contributed by atoms with Crippen LogP contribution in [0.25, 0.3) is 0 Å². The highest BCUT2D eigenvalue weighted by atomic mass is 19.1. The number of aliphatic hydroxyl groups excluding tert-OH is 2. The molecule has 0 spiro atoms. The molecule has 5 fully saturated rings. The first kappa shape index (κ1) is 23.2. The van der Waals surface area contributed by atoms with Crippen molar-refractivity contribution in [2.24, 2.45) is 34.5 Å². The Balaban J connectivity index is 1.17.